The van der Waals surface area contributed by atoms with Gasteiger partial charge in [-0.25, -0.2) is 0 Å². The van der Waals surface area contributed by atoms with E-state index in [-0.39, 0.29) is 24.2 Å². The minimum atomic E-state index is -0.341. The van der Waals surface area contributed by atoms with Crippen LogP contribution in [0, 0.1) is 0 Å². The van der Waals surface area contributed by atoms with E-state index in [4.69, 9.17) is 4.74 Å². The van der Waals surface area contributed by atoms with Gasteiger partial charge in [0.05, 0.1) is 0 Å². The van der Waals surface area contributed by atoms with Crippen LogP contribution in [0.3, 0.4) is 0 Å². The summed E-state index contributed by atoms with van der Waals surface area (Å²) in [6, 6.07) is 13.3. The topological polar surface area (TPSA) is 84.5 Å². The summed E-state index contributed by atoms with van der Waals surface area (Å²) in [5, 5.41) is 5.40. The van der Waals surface area contributed by atoms with Gasteiger partial charge < -0.3 is 15.4 Å². The molecule has 0 aromatic heterocycles. The highest BCUT2D eigenvalue weighted by molar-refractivity contribution is 5.97. The number of benzene rings is 2. The Bertz CT molecular complexity index is 785. The van der Waals surface area contributed by atoms with Gasteiger partial charge in [0, 0.05) is 29.8 Å². The molecule has 0 aliphatic heterocycles. The van der Waals surface area contributed by atoms with E-state index in [1.165, 1.54) is 0 Å². The Morgan fingerprint density at radius 2 is 1.69 bits per heavy atom. The number of carbonyl (C=O) groups excluding carboxylic acids is 3. The molecule has 2 amide bonds. The van der Waals surface area contributed by atoms with Crippen molar-refractivity contribution in [1.29, 1.82) is 0 Å². The van der Waals surface area contributed by atoms with Crippen LogP contribution in [-0.4, -0.2) is 30.7 Å². The van der Waals surface area contributed by atoms with Gasteiger partial charge in [0.1, 0.15) is 5.75 Å². The lowest BCUT2D eigenvalue weighted by Gasteiger charge is -2.09. The van der Waals surface area contributed by atoms with Crippen LogP contribution in [0.5, 0.6) is 5.75 Å². The lowest BCUT2D eigenvalue weighted by molar-refractivity contribution is -0.118. The van der Waals surface area contributed by atoms with Crippen molar-refractivity contribution in [3.63, 3.8) is 0 Å². The van der Waals surface area contributed by atoms with E-state index in [1.54, 1.807) is 55.5 Å². The molecule has 0 aliphatic carbocycles. The summed E-state index contributed by atoms with van der Waals surface area (Å²) in [4.78, 5) is 35.4. The highest BCUT2D eigenvalue weighted by atomic mass is 16.5. The molecule has 0 aliphatic rings. The van der Waals surface area contributed by atoms with Crippen LogP contribution in [0.15, 0.2) is 48.5 Å². The Morgan fingerprint density at radius 3 is 2.35 bits per heavy atom. The zero-order valence-electron chi connectivity index (χ0n) is 14.9. The van der Waals surface area contributed by atoms with E-state index in [0.29, 0.717) is 35.5 Å². The summed E-state index contributed by atoms with van der Waals surface area (Å²) >= 11 is 0. The molecule has 0 atom stereocenters. The molecule has 0 unspecified atom stereocenters. The molecular weight excluding hydrogens is 332 g/mol. The largest absolute Gasteiger partial charge is 0.484 e. The van der Waals surface area contributed by atoms with Crippen LogP contribution in [0.2, 0.25) is 0 Å². The Morgan fingerprint density at radius 1 is 0.962 bits per heavy atom. The molecule has 2 rings (SSSR count). The van der Waals surface area contributed by atoms with Gasteiger partial charge in [0.15, 0.2) is 12.4 Å². The van der Waals surface area contributed by atoms with Gasteiger partial charge in [-0.15, -0.1) is 0 Å². The van der Waals surface area contributed by atoms with E-state index in [0.717, 1.165) is 0 Å². The zero-order valence-corrected chi connectivity index (χ0v) is 14.9. The first-order chi connectivity index (χ1) is 12.5. The molecule has 2 aromatic rings. The number of nitrogens with one attached hydrogen (secondary N) is 2. The van der Waals surface area contributed by atoms with Crippen LogP contribution in [0.1, 0.15) is 41.0 Å². The predicted octanol–water partition coefficient (Wildman–Crippen LogP) is 3.05. The molecule has 0 saturated carbocycles. The SMILES string of the molecule is CCNC(=O)c1cccc(NC(=O)COc2ccc(C(=O)CC)cc2)c1. The first-order valence-electron chi connectivity index (χ1n) is 8.47. The number of ether oxygens (including phenoxy) is 1. The van der Waals surface area contributed by atoms with E-state index in [9.17, 15) is 14.4 Å². The maximum atomic E-state index is 12.0. The molecule has 136 valence electrons. The number of ketones is 1. The van der Waals surface area contributed by atoms with Gasteiger partial charge in [-0.2, -0.15) is 0 Å². The molecule has 6 nitrogen and oxygen atoms in total. The number of carbonyl (C=O) groups is 3. The number of hydrogen-bond acceptors (Lipinski definition) is 4. The third-order valence-corrected chi connectivity index (χ3v) is 3.61. The summed E-state index contributed by atoms with van der Waals surface area (Å²) in [5.74, 6) is 0.0264. The average molecular weight is 354 g/mol. The van der Waals surface area contributed by atoms with E-state index >= 15 is 0 Å². The van der Waals surface area contributed by atoms with E-state index in [2.05, 4.69) is 10.6 Å². The van der Waals surface area contributed by atoms with Gasteiger partial charge in [-0.1, -0.05) is 13.0 Å². The fraction of sp³-hybridized carbons (Fsp3) is 0.250. The molecule has 0 radical (unpaired) electrons. The summed E-state index contributed by atoms with van der Waals surface area (Å²) in [6.45, 7) is 4.00. The van der Waals surface area contributed by atoms with Crippen LogP contribution in [-0.2, 0) is 4.79 Å². The van der Waals surface area contributed by atoms with Gasteiger partial charge >= 0.3 is 0 Å². The molecule has 2 aromatic carbocycles. The third-order valence-electron chi connectivity index (χ3n) is 3.61. The minimum Gasteiger partial charge on any atom is -0.484 e. The minimum absolute atomic E-state index is 0.0567. The molecule has 0 spiro atoms. The maximum absolute atomic E-state index is 12.0. The molecule has 2 N–H and O–H groups in total. The predicted molar refractivity (Wildman–Crippen MR) is 99.6 cm³/mol. The van der Waals surface area contributed by atoms with Crippen LogP contribution in [0.4, 0.5) is 5.69 Å². The molecule has 0 fully saturated rings. The van der Waals surface area contributed by atoms with E-state index in [1.807, 2.05) is 6.92 Å². The summed E-state index contributed by atoms with van der Waals surface area (Å²) in [5.41, 5.74) is 1.61. The fourth-order valence-electron chi connectivity index (χ4n) is 2.29. The summed E-state index contributed by atoms with van der Waals surface area (Å²) in [6.07, 6.45) is 0.442. The van der Waals surface area contributed by atoms with Gasteiger partial charge in [-0.3, -0.25) is 14.4 Å². The Hall–Kier alpha value is -3.15. The first kappa shape index (κ1) is 19.2. The first-order valence-corrected chi connectivity index (χ1v) is 8.47. The highest BCUT2D eigenvalue weighted by Gasteiger charge is 2.08. The maximum Gasteiger partial charge on any atom is 0.262 e. The van der Waals surface area contributed by atoms with Crippen molar-refractivity contribution >= 4 is 23.3 Å². The molecular formula is C20H22N2O4. The van der Waals surface area contributed by atoms with Crippen molar-refractivity contribution in [2.75, 3.05) is 18.5 Å². The second-order valence-electron chi connectivity index (χ2n) is 5.58. The molecule has 0 saturated heterocycles. The highest BCUT2D eigenvalue weighted by Crippen LogP contribution is 2.14. The van der Waals surface area contributed by atoms with Gasteiger partial charge in [0.2, 0.25) is 0 Å². The molecule has 26 heavy (non-hydrogen) atoms. The zero-order chi connectivity index (χ0) is 18.9. The molecule has 0 heterocycles. The van der Waals surface area contributed by atoms with Crippen LogP contribution < -0.4 is 15.4 Å². The third kappa shape index (κ3) is 5.44. The van der Waals surface area contributed by atoms with Crippen molar-refractivity contribution in [1.82, 2.24) is 5.32 Å². The smallest absolute Gasteiger partial charge is 0.262 e. The Labute approximate surface area is 152 Å². The number of anilines is 1. The lowest BCUT2D eigenvalue weighted by Crippen LogP contribution is -2.23. The molecule has 6 heteroatoms. The van der Waals surface area contributed by atoms with Gasteiger partial charge in [0.25, 0.3) is 11.8 Å². The van der Waals surface area contributed by atoms with Gasteiger partial charge in [-0.05, 0) is 49.4 Å². The number of amides is 2. The Balaban J connectivity index is 1.90. The second kappa shape index (κ2) is 9.36. The van der Waals surface area contributed by atoms with Crippen molar-refractivity contribution in [2.24, 2.45) is 0 Å². The van der Waals surface area contributed by atoms with Crippen LogP contribution >= 0.6 is 0 Å². The second-order valence-corrected chi connectivity index (χ2v) is 5.58. The summed E-state index contributed by atoms with van der Waals surface area (Å²) < 4.78 is 5.42. The normalized spacial score (nSPS) is 10.1. The van der Waals surface area contributed by atoms with Crippen molar-refractivity contribution in [3.8, 4) is 5.75 Å². The monoisotopic (exact) mass is 354 g/mol. The molecule has 0 bridgehead atoms. The van der Waals surface area contributed by atoms with Crippen molar-refractivity contribution in [2.45, 2.75) is 20.3 Å². The number of Topliss-reactive ketones (excluding diaryl/α,β-unsaturated/α-hetero) is 1. The Kier molecular flexibility index (Phi) is 6.91. The number of rotatable bonds is 8. The lowest BCUT2D eigenvalue weighted by atomic mass is 10.1. The number of hydrogen-bond donors (Lipinski definition) is 2. The van der Waals surface area contributed by atoms with Crippen molar-refractivity contribution < 1.29 is 19.1 Å². The quantitative estimate of drug-likeness (QED) is 0.714. The van der Waals surface area contributed by atoms with E-state index < -0.39 is 0 Å². The van der Waals surface area contributed by atoms with Crippen molar-refractivity contribution in [3.05, 3.63) is 59.7 Å². The van der Waals surface area contributed by atoms with Crippen LogP contribution in [0.25, 0.3) is 0 Å². The summed E-state index contributed by atoms with van der Waals surface area (Å²) in [7, 11) is 0. The standard InChI is InChI=1S/C20H22N2O4/c1-3-18(23)14-8-10-17(11-9-14)26-13-19(24)22-16-7-5-6-15(12-16)20(25)21-4-2/h5-12H,3-4,13H2,1-2H3,(H,21,25)(H,22,24). The fourth-order valence-corrected chi connectivity index (χ4v) is 2.29. The average Bonchev–Trinajstić information content (AvgIpc) is 2.66.